The molecule has 1 aliphatic rings. The fourth-order valence-electron chi connectivity index (χ4n) is 2.45. The second kappa shape index (κ2) is 6.01. The van der Waals surface area contributed by atoms with Crippen LogP contribution in [0, 0.1) is 11.8 Å². The second-order valence-corrected chi connectivity index (χ2v) is 5.30. The average molecular weight is 246 g/mol. The van der Waals surface area contributed by atoms with Crippen LogP contribution in [0.15, 0.2) is 30.3 Å². The van der Waals surface area contributed by atoms with E-state index in [1.807, 2.05) is 18.2 Å². The van der Waals surface area contributed by atoms with Gasteiger partial charge >= 0.3 is 0 Å². The quantitative estimate of drug-likeness (QED) is 0.850. The first kappa shape index (κ1) is 13.1. The van der Waals surface area contributed by atoms with Crippen LogP contribution < -0.4 is 10.6 Å². The number of hydrogen-bond donors (Lipinski definition) is 2. The third-order valence-corrected chi connectivity index (χ3v) is 3.81. The van der Waals surface area contributed by atoms with E-state index in [2.05, 4.69) is 36.6 Å². The van der Waals surface area contributed by atoms with E-state index >= 15 is 0 Å². The Hall–Kier alpha value is -1.35. The molecule has 1 heterocycles. The SMILES string of the molecule is CC(CNC(=O)C1CNCC1C)c1ccccc1. The number of benzene rings is 1. The number of carbonyl (C=O) groups is 1. The van der Waals surface area contributed by atoms with Gasteiger partial charge in [-0.05, 0) is 23.9 Å². The fraction of sp³-hybridized carbons (Fsp3) is 0.533. The summed E-state index contributed by atoms with van der Waals surface area (Å²) in [5, 5.41) is 6.34. The maximum atomic E-state index is 12.0. The summed E-state index contributed by atoms with van der Waals surface area (Å²) < 4.78 is 0. The third-order valence-electron chi connectivity index (χ3n) is 3.81. The van der Waals surface area contributed by atoms with Crippen molar-refractivity contribution in [2.24, 2.45) is 11.8 Å². The molecule has 18 heavy (non-hydrogen) atoms. The molecule has 1 aromatic rings. The molecule has 3 nitrogen and oxygen atoms in total. The molecule has 0 aliphatic carbocycles. The van der Waals surface area contributed by atoms with Crippen molar-refractivity contribution in [3.05, 3.63) is 35.9 Å². The molecule has 0 radical (unpaired) electrons. The van der Waals surface area contributed by atoms with Gasteiger partial charge in [-0.15, -0.1) is 0 Å². The van der Waals surface area contributed by atoms with Crippen molar-refractivity contribution in [3.8, 4) is 0 Å². The number of amides is 1. The molecule has 1 fully saturated rings. The van der Waals surface area contributed by atoms with Crippen LogP contribution in [0.5, 0.6) is 0 Å². The molecule has 1 aliphatic heterocycles. The summed E-state index contributed by atoms with van der Waals surface area (Å²) >= 11 is 0. The van der Waals surface area contributed by atoms with Crippen LogP contribution in [0.2, 0.25) is 0 Å². The first-order valence-corrected chi connectivity index (χ1v) is 6.72. The van der Waals surface area contributed by atoms with E-state index in [1.54, 1.807) is 0 Å². The molecule has 0 aromatic heterocycles. The maximum absolute atomic E-state index is 12.0. The lowest BCUT2D eigenvalue weighted by Gasteiger charge is -2.17. The Balaban J connectivity index is 1.83. The van der Waals surface area contributed by atoms with Gasteiger partial charge in [0.25, 0.3) is 0 Å². The van der Waals surface area contributed by atoms with Crippen molar-refractivity contribution in [2.45, 2.75) is 19.8 Å². The highest BCUT2D eigenvalue weighted by molar-refractivity contribution is 5.79. The Bertz CT molecular complexity index is 391. The van der Waals surface area contributed by atoms with Crippen molar-refractivity contribution in [3.63, 3.8) is 0 Å². The van der Waals surface area contributed by atoms with Gasteiger partial charge in [0.05, 0.1) is 5.92 Å². The number of nitrogens with one attached hydrogen (secondary N) is 2. The summed E-state index contributed by atoms with van der Waals surface area (Å²) in [5.41, 5.74) is 1.27. The van der Waals surface area contributed by atoms with Gasteiger partial charge < -0.3 is 10.6 Å². The van der Waals surface area contributed by atoms with Crippen molar-refractivity contribution < 1.29 is 4.79 Å². The molecule has 0 spiro atoms. The molecule has 2 N–H and O–H groups in total. The maximum Gasteiger partial charge on any atom is 0.224 e. The largest absolute Gasteiger partial charge is 0.355 e. The summed E-state index contributed by atoms with van der Waals surface area (Å²) in [4.78, 5) is 12.0. The normalized spacial score (nSPS) is 24.8. The van der Waals surface area contributed by atoms with Gasteiger partial charge in [-0.3, -0.25) is 4.79 Å². The van der Waals surface area contributed by atoms with Crippen LogP contribution in [-0.4, -0.2) is 25.5 Å². The highest BCUT2D eigenvalue weighted by Gasteiger charge is 2.29. The van der Waals surface area contributed by atoms with Crippen LogP contribution in [0.1, 0.15) is 25.3 Å². The molecule has 3 unspecified atom stereocenters. The molecular formula is C15H22N2O. The lowest BCUT2D eigenvalue weighted by atomic mass is 9.96. The van der Waals surface area contributed by atoms with Crippen LogP contribution in [0.3, 0.4) is 0 Å². The molecule has 1 amide bonds. The summed E-state index contributed by atoms with van der Waals surface area (Å²) in [7, 11) is 0. The second-order valence-electron chi connectivity index (χ2n) is 5.30. The molecule has 1 saturated heterocycles. The lowest BCUT2D eigenvalue weighted by molar-refractivity contribution is -0.125. The smallest absolute Gasteiger partial charge is 0.224 e. The molecule has 98 valence electrons. The molecule has 0 bridgehead atoms. The molecule has 0 saturated carbocycles. The van der Waals surface area contributed by atoms with Crippen molar-refractivity contribution in [1.82, 2.24) is 10.6 Å². The summed E-state index contributed by atoms with van der Waals surface area (Å²) in [6.07, 6.45) is 0. The van der Waals surface area contributed by atoms with Gasteiger partial charge in [-0.1, -0.05) is 44.2 Å². The molecule has 3 heteroatoms. The van der Waals surface area contributed by atoms with Gasteiger partial charge in [0.1, 0.15) is 0 Å². The Kier molecular flexibility index (Phi) is 4.37. The highest BCUT2D eigenvalue weighted by Crippen LogP contribution is 2.17. The van der Waals surface area contributed by atoms with E-state index < -0.39 is 0 Å². The molecule has 2 rings (SSSR count). The minimum absolute atomic E-state index is 0.132. The Labute approximate surface area is 109 Å². The van der Waals surface area contributed by atoms with Gasteiger partial charge in [0.2, 0.25) is 5.91 Å². The zero-order valence-electron chi connectivity index (χ0n) is 11.1. The zero-order chi connectivity index (χ0) is 13.0. The molecule has 3 atom stereocenters. The van der Waals surface area contributed by atoms with Crippen LogP contribution >= 0.6 is 0 Å². The van der Waals surface area contributed by atoms with Gasteiger partial charge in [-0.25, -0.2) is 0 Å². The minimum Gasteiger partial charge on any atom is -0.355 e. The number of rotatable bonds is 4. The topological polar surface area (TPSA) is 41.1 Å². The Morgan fingerprint density at radius 3 is 2.72 bits per heavy atom. The van der Waals surface area contributed by atoms with E-state index in [4.69, 9.17) is 0 Å². The zero-order valence-corrected chi connectivity index (χ0v) is 11.1. The van der Waals surface area contributed by atoms with Crippen LogP contribution in [0.4, 0.5) is 0 Å². The minimum atomic E-state index is 0.132. The summed E-state index contributed by atoms with van der Waals surface area (Å²) in [6, 6.07) is 10.3. The summed E-state index contributed by atoms with van der Waals surface area (Å²) in [6.45, 7) is 6.75. The Morgan fingerprint density at radius 1 is 1.39 bits per heavy atom. The van der Waals surface area contributed by atoms with Gasteiger partial charge in [-0.2, -0.15) is 0 Å². The number of hydrogen-bond acceptors (Lipinski definition) is 2. The lowest BCUT2D eigenvalue weighted by Crippen LogP contribution is -2.36. The highest BCUT2D eigenvalue weighted by atomic mass is 16.1. The average Bonchev–Trinajstić information content (AvgIpc) is 2.83. The first-order valence-electron chi connectivity index (χ1n) is 6.72. The predicted molar refractivity (Wildman–Crippen MR) is 73.4 cm³/mol. The predicted octanol–water partition coefficient (Wildman–Crippen LogP) is 1.76. The van der Waals surface area contributed by atoms with E-state index in [1.165, 1.54) is 5.56 Å². The third kappa shape index (κ3) is 3.10. The van der Waals surface area contributed by atoms with E-state index in [0.717, 1.165) is 13.1 Å². The van der Waals surface area contributed by atoms with Crippen LogP contribution in [0.25, 0.3) is 0 Å². The first-order chi connectivity index (χ1) is 8.68. The monoisotopic (exact) mass is 246 g/mol. The van der Waals surface area contributed by atoms with E-state index in [0.29, 0.717) is 18.4 Å². The van der Waals surface area contributed by atoms with Gasteiger partial charge in [0, 0.05) is 13.1 Å². The van der Waals surface area contributed by atoms with Crippen molar-refractivity contribution >= 4 is 5.91 Å². The molecule has 1 aromatic carbocycles. The number of carbonyl (C=O) groups excluding carboxylic acids is 1. The Morgan fingerprint density at radius 2 is 2.11 bits per heavy atom. The standard InChI is InChI=1S/C15H22N2O/c1-11(13-6-4-3-5-7-13)9-17-15(18)14-10-16-8-12(14)2/h3-7,11-12,14,16H,8-10H2,1-2H3,(H,17,18). The summed E-state index contributed by atoms with van der Waals surface area (Å²) in [5.74, 6) is 1.13. The molecular weight excluding hydrogens is 224 g/mol. The fourth-order valence-corrected chi connectivity index (χ4v) is 2.45. The van der Waals surface area contributed by atoms with Crippen LogP contribution in [-0.2, 0) is 4.79 Å². The van der Waals surface area contributed by atoms with Crippen molar-refractivity contribution in [2.75, 3.05) is 19.6 Å². The van der Waals surface area contributed by atoms with Crippen molar-refractivity contribution in [1.29, 1.82) is 0 Å². The van der Waals surface area contributed by atoms with E-state index in [-0.39, 0.29) is 11.8 Å². The van der Waals surface area contributed by atoms with E-state index in [9.17, 15) is 4.79 Å². The van der Waals surface area contributed by atoms with Gasteiger partial charge in [0.15, 0.2) is 0 Å².